The largest absolute Gasteiger partial charge is 0.490 e. The summed E-state index contributed by atoms with van der Waals surface area (Å²) < 4.78 is 5.92. The highest BCUT2D eigenvalue weighted by Crippen LogP contribution is 2.21. The molecule has 3 N–H and O–H groups in total. The molecule has 106 valence electrons. The van der Waals surface area contributed by atoms with Gasteiger partial charge >= 0.3 is 0 Å². The van der Waals surface area contributed by atoms with Crippen molar-refractivity contribution in [2.24, 2.45) is 5.73 Å². The average molecular weight is 285 g/mol. The minimum absolute atomic E-state index is 0.243. The predicted molar refractivity (Wildman–Crippen MR) is 76.6 cm³/mol. The molecule has 1 saturated heterocycles. The maximum Gasteiger partial charge on any atom is 0.119 e. The molecule has 0 bridgehead atoms. The van der Waals surface area contributed by atoms with Gasteiger partial charge in [0.15, 0.2) is 0 Å². The van der Waals surface area contributed by atoms with E-state index in [0.717, 1.165) is 36.7 Å². The van der Waals surface area contributed by atoms with Crippen LogP contribution in [0.15, 0.2) is 24.3 Å². The Morgan fingerprint density at radius 1 is 1.32 bits per heavy atom. The lowest BCUT2D eigenvalue weighted by molar-refractivity contribution is 0.0641. The number of nitrogens with two attached hydrogens (primary N) is 1. The molecular formula is C14H21ClN2O2. The van der Waals surface area contributed by atoms with Crippen LogP contribution in [0.3, 0.4) is 0 Å². The Kier molecular flexibility index (Phi) is 5.45. The van der Waals surface area contributed by atoms with Crippen LogP contribution in [-0.2, 0) is 0 Å². The molecular weight excluding hydrogens is 264 g/mol. The summed E-state index contributed by atoms with van der Waals surface area (Å²) in [7, 11) is 0. The van der Waals surface area contributed by atoms with E-state index in [1.165, 1.54) is 0 Å². The smallest absolute Gasteiger partial charge is 0.119 e. The number of aliphatic hydroxyl groups is 1. The van der Waals surface area contributed by atoms with E-state index in [0.29, 0.717) is 13.1 Å². The van der Waals surface area contributed by atoms with Crippen LogP contribution in [0.5, 0.6) is 5.75 Å². The molecule has 0 saturated carbocycles. The van der Waals surface area contributed by atoms with Gasteiger partial charge in [0.2, 0.25) is 0 Å². The summed E-state index contributed by atoms with van der Waals surface area (Å²) in [5.41, 5.74) is 5.42. The fourth-order valence-electron chi connectivity index (χ4n) is 2.29. The Morgan fingerprint density at radius 3 is 2.53 bits per heavy atom. The van der Waals surface area contributed by atoms with Crippen molar-refractivity contribution in [1.29, 1.82) is 0 Å². The van der Waals surface area contributed by atoms with Gasteiger partial charge in [-0.3, -0.25) is 0 Å². The van der Waals surface area contributed by atoms with Crippen molar-refractivity contribution in [2.75, 3.05) is 26.2 Å². The summed E-state index contributed by atoms with van der Waals surface area (Å²) in [6.45, 7) is 2.86. The van der Waals surface area contributed by atoms with Gasteiger partial charge in [0.1, 0.15) is 11.9 Å². The lowest BCUT2D eigenvalue weighted by Gasteiger charge is -2.33. The third kappa shape index (κ3) is 4.66. The second kappa shape index (κ2) is 7.10. The van der Waals surface area contributed by atoms with Crippen molar-refractivity contribution >= 4 is 11.6 Å². The average Bonchev–Trinajstić information content (AvgIpc) is 2.43. The van der Waals surface area contributed by atoms with E-state index in [1.807, 2.05) is 24.3 Å². The monoisotopic (exact) mass is 284 g/mol. The lowest BCUT2D eigenvalue weighted by atomic mass is 10.1. The predicted octanol–water partition coefficient (Wildman–Crippen LogP) is 1.50. The summed E-state index contributed by atoms with van der Waals surface area (Å²) in [5.74, 6) is 0.866. The van der Waals surface area contributed by atoms with Crippen molar-refractivity contribution in [3.05, 3.63) is 29.3 Å². The molecule has 0 spiro atoms. The first-order chi connectivity index (χ1) is 9.17. The normalized spacial score (nSPS) is 19.3. The molecule has 1 aliphatic rings. The second-order valence-electron chi connectivity index (χ2n) is 4.96. The molecule has 0 amide bonds. The number of ether oxygens (including phenoxy) is 1. The molecule has 0 aromatic heterocycles. The summed E-state index contributed by atoms with van der Waals surface area (Å²) in [5, 5.41) is 10.2. The molecule has 0 unspecified atom stereocenters. The number of nitrogens with zero attached hydrogens (tertiary/aromatic N) is 1. The number of halogens is 1. The van der Waals surface area contributed by atoms with Crippen LogP contribution in [0.1, 0.15) is 12.8 Å². The SMILES string of the molecule is NC[C@@H](O)CN1CCC(Oc2ccc(Cl)cc2)CC1. The molecule has 0 aliphatic carbocycles. The van der Waals surface area contributed by atoms with Crippen molar-refractivity contribution < 1.29 is 9.84 Å². The summed E-state index contributed by atoms with van der Waals surface area (Å²) >= 11 is 5.84. The highest BCUT2D eigenvalue weighted by atomic mass is 35.5. The molecule has 1 aromatic rings. The number of hydrogen-bond acceptors (Lipinski definition) is 4. The van der Waals surface area contributed by atoms with E-state index in [4.69, 9.17) is 22.1 Å². The Bertz CT molecular complexity index is 378. The highest BCUT2D eigenvalue weighted by molar-refractivity contribution is 6.30. The first kappa shape index (κ1) is 14.6. The summed E-state index contributed by atoms with van der Waals surface area (Å²) in [6.07, 6.45) is 1.76. The minimum Gasteiger partial charge on any atom is -0.490 e. The number of β-amino-alcohol motifs (C(OH)–C–C–N with tert-alkyl or cyclic N) is 1. The maximum absolute atomic E-state index is 9.53. The van der Waals surface area contributed by atoms with E-state index in [9.17, 15) is 5.11 Å². The zero-order valence-corrected chi connectivity index (χ0v) is 11.7. The molecule has 0 radical (unpaired) electrons. The standard InChI is InChI=1S/C14H21ClN2O2/c15-11-1-3-13(4-2-11)19-14-5-7-17(8-6-14)10-12(18)9-16/h1-4,12,14,18H,5-10,16H2/t12-/m1/s1. The lowest BCUT2D eigenvalue weighted by Crippen LogP contribution is -2.43. The van der Waals surface area contributed by atoms with E-state index in [-0.39, 0.29) is 6.10 Å². The quantitative estimate of drug-likeness (QED) is 0.860. The number of benzene rings is 1. The third-order valence-electron chi connectivity index (χ3n) is 3.39. The topological polar surface area (TPSA) is 58.7 Å². The van der Waals surface area contributed by atoms with Crippen molar-refractivity contribution in [3.63, 3.8) is 0 Å². The number of hydrogen-bond donors (Lipinski definition) is 2. The van der Waals surface area contributed by atoms with Crippen LogP contribution >= 0.6 is 11.6 Å². The minimum atomic E-state index is -0.422. The summed E-state index contributed by atoms with van der Waals surface area (Å²) in [6, 6.07) is 7.47. The maximum atomic E-state index is 9.53. The van der Waals surface area contributed by atoms with Gasteiger partial charge < -0.3 is 20.5 Å². The fourth-order valence-corrected chi connectivity index (χ4v) is 2.41. The van der Waals surface area contributed by atoms with Crippen LogP contribution < -0.4 is 10.5 Å². The van der Waals surface area contributed by atoms with Gasteiger partial charge in [-0.25, -0.2) is 0 Å². The molecule has 2 rings (SSSR count). The van der Waals surface area contributed by atoms with E-state index in [1.54, 1.807) is 0 Å². The molecule has 5 heteroatoms. The van der Waals surface area contributed by atoms with Crippen molar-refractivity contribution in [3.8, 4) is 5.75 Å². The van der Waals surface area contributed by atoms with E-state index in [2.05, 4.69) is 4.90 Å². The van der Waals surface area contributed by atoms with Gasteiger partial charge in [-0.1, -0.05) is 11.6 Å². The van der Waals surface area contributed by atoms with Gasteiger partial charge in [-0.2, -0.15) is 0 Å². The van der Waals surface area contributed by atoms with Crippen LogP contribution in [0.25, 0.3) is 0 Å². The fraction of sp³-hybridized carbons (Fsp3) is 0.571. The Hall–Kier alpha value is -0.810. The number of aliphatic hydroxyl groups excluding tert-OH is 1. The molecule has 1 aromatic carbocycles. The van der Waals surface area contributed by atoms with Crippen LogP contribution in [0, 0.1) is 0 Å². The van der Waals surface area contributed by atoms with Crippen LogP contribution in [-0.4, -0.2) is 48.4 Å². The van der Waals surface area contributed by atoms with E-state index >= 15 is 0 Å². The number of likely N-dealkylation sites (tertiary alicyclic amines) is 1. The Labute approximate surface area is 119 Å². The zero-order valence-electron chi connectivity index (χ0n) is 11.0. The van der Waals surface area contributed by atoms with Crippen molar-refractivity contribution in [2.45, 2.75) is 25.0 Å². The molecule has 19 heavy (non-hydrogen) atoms. The van der Waals surface area contributed by atoms with Gasteiger partial charge in [-0.15, -0.1) is 0 Å². The molecule has 1 heterocycles. The first-order valence-corrected chi connectivity index (χ1v) is 7.08. The van der Waals surface area contributed by atoms with Gasteiger partial charge in [-0.05, 0) is 37.1 Å². The van der Waals surface area contributed by atoms with Crippen LogP contribution in [0.2, 0.25) is 5.02 Å². The Balaban J connectivity index is 1.75. The molecule has 1 atom stereocenters. The van der Waals surface area contributed by atoms with Crippen LogP contribution in [0.4, 0.5) is 0 Å². The first-order valence-electron chi connectivity index (χ1n) is 6.70. The van der Waals surface area contributed by atoms with Gasteiger partial charge in [0.25, 0.3) is 0 Å². The van der Waals surface area contributed by atoms with Gasteiger partial charge in [0, 0.05) is 31.2 Å². The Morgan fingerprint density at radius 2 is 1.95 bits per heavy atom. The van der Waals surface area contributed by atoms with Gasteiger partial charge in [0.05, 0.1) is 6.10 Å². The number of piperidine rings is 1. The van der Waals surface area contributed by atoms with E-state index < -0.39 is 6.10 Å². The molecule has 4 nitrogen and oxygen atoms in total. The number of rotatable bonds is 5. The summed E-state index contributed by atoms with van der Waals surface area (Å²) in [4.78, 5) is 2.24. The van der Waals surface area contributed by atoms with Crippen molar-refractivity contribution in [1.82, 2.24) is 4.90 Å². The third-order valence-corrected chi connectivity index (χ3v) is 3.64. The highest BCUT2D eigenvalue weighted by Gasteiger charge is 2.21. The molecule has 1 aliphatic heterocycles. The second-order valence-corrected chi connectivity index (χ2v) is 5.40. The zero-order chi connectivity index (χ0) is 13.7. The molecule has 1 fully saturated rings.